The van der Waals surface area contributed by atoms with Gasteiger partial charge in [0, 0.05) is 6.04 Å². The van der Waals surface area contributed by atoms with Crippen molar-refractivity contribution in [1.29, 1.82) is 0 Å². The van der Waals surface area contributed by atoms with Crippen LogP contribution in [0.25, 0.3) is 0 Å². The van der Waals surface area contributed by atoms with Gasteiger partial charge in [-0.15, -0.1) is 0 Å². The molecule has 0 aliphatic heterocycles. The number of hydrogen-bond donors (Lipinski definition) is 1. The first-order valence-corrected chi connectivity index (χ1v) is 5.66. The molecule has 0 unspecified atom stereocenters. The zero-order valence-corrected chi connectivity index (χ0v) is 10.1. The van der Waals surface area contributed by atoms with Crippen LogP contribution in [0.2, 0.25) is 0 Å². The summed E-state index contributed by atoms with van der Waals surface area (Å²) in [5, 5.41) is 0. The van der Waals surface area contributed by atoms with Gasteiger partial charge in [0.2, 0.25) is 0 Å². The zero-order chi connectivity index (χ0) is 11.5. The summed E-state index contributed by atoms with van der Waals surface area (Å²) in [6.45, 7) is 6.56. The van der Waals surface area contributed by atoms with Gasteiger partial charge in [-0.1, -0.05) is 20.8 Å². The molecule has 0 amide bonds. The van der Waals surface area contributed by atoms with Crippen molar-refractivity contribution in [3.63, 3.8) is 0 Å². The fourth-order valence-corrected chi connectivity index (χ4v) is 3.89. The highest BCUT2D eigenvalue weighted by atomic mass is 16.5. The third kappa shape index (κ3) is 0.930. The number of methoxy groups -OCH3 is 1. The van der Waals surface area contributed by atoms with E-state index in [0.717, 1.165) is 19.3 Å². The van der Waals surface area contributed by atoms with Crippen molar-refractivity contribution in [2.75, 3.05) is 7.11 Å². The first kappa shape index (κ1) is 10.9. The predicted molar refractivity (Wildman–Crippen MR) is 58.2 cm³/mol. The Morgan fingerprint density at radius 3 is 2.27 bits per heavy atom. The van der Waals surface area contributed by atoms with Crippen LogP contribution in [0.1, 0.15) is 40.0 Å². The Bertz CT molecular complexity index is 313. The van der Waals surface area contributed by atoms with Gasteiger partial charge >= 0.3 is 5.97 Å². The van der Waals surface area contributed by atoms with Gasteiger partial charge in [-0.25, -0.2) is 0 Å². The minimum Gasteiger partial charge on any atom is -0.469 e. The number of esters is 1. The molecule has 3 heteroatoms. The second-order valence-electron chi connectivity index (χ2n) is 5.93. The topological polar surface area (TPSA) is 52.3 Å². The van der Waals surface area contributed by atoms with Gasteiger partial charge in [0.25, 0.3) is 0 Å². The maximum atomic E-state index is 12.0. The first-order valence-electron chi connectivity index (χ1n) is 5.66. The van der Waals surface area contributed by atoms with E-state index in [1.54, 1.807) is 0 Å². The summed E-state index contributed by atoms with van der Waals surface area (Å²) in [6.07, 6.45) is 2.75. The lowest BCUT2D eigenvalue weighted by atomic mass is 9.65. The van der Waals surface area contributed by atoms with Crippen LogP contribution in [0.5, 0.6) is 0 Å². The number of hydrogen-bond acceptors (Lipinski definition) is 3. The van der Waals surface area contributed by atoms with Gasteiger partial charge in [0.15, 0.2) is 0 Å². The summed E-state index contributed by atoms with van der Waals surface area (Å²) in [5.41, 5.74) is 5.90. The molecule has 2 aliphatic rings. The lowest BCUT2D eigenvalue weighted by Crippen LogP contribution is -2.42. The van der Waals surface area contributed by atoms with Gasteiger partial charge in [-0.3, -0.25) is 4.79 Å². The molecule has 0 heterocycles. The fourth-order valence-electron chi connectivity index (χ4n) is 3.89. The minimum absolute atomic E-state index is 0.0491. The molecule has 86 valence electrons. The molecular formula is C12H21NO2. The van der Waals surface area contributed by atoms with E-state index in [2.05, 4.69) is 20.8 Å². The number of rotatable bonds is 1. The van der Waals surface area contributed by atoms with Gasteiger partial charge in [0.1, 0.15) is 0 Å². The molecule has 0 aromatic heterocycles. The smallest absolute Gasteiger partial charge is 0.312 e. The molecule has 0 spiro atoms. The van der Waals surface area contributed by atoms with E-state index >= 15 is 0 Å². The van der Waals surface area contributed by atoms with Gasteiger partial charge in [0.05, 0.1) is 12.5 Å². The molecule has 2 aliphatic carbocycles. The van der Waals surface area contributed by atoms with Crippen LogP contribution in [0.4, 0.5) is 0 Å². The highest BCUT2D eigenvalue weighted by Crippen LogP contribution is 2.71. The quantitative estimate of drug-likeness (QED) is 0.672. The predicted octanol–water partition coefficient (Wildman–Crippen LogP) is 1.70. The van der Waals surface area contributed by atoms with Crippen molar-refractivity contribution >= 4 is 5.97 Å². The Hall–Kier alpha value is -0.570. The van der Waals surface area contributed by atoms with Crippen molar-refractivity contribution in [2.45, 2.75) is 46.1 Å². The van der Waals surface area contributed by atoms with Crippen LogP contribution in [0.3, 0.4) is 0 Å². The average Bonchev–Trinajstić information content (AvgIpc) is 2.47. The van der Waals surface area contributed by atoms with Gasteiger partial charge < -0.3 is 10.5 Å². The molecule has 0 aromatic carbocycles. The van der Waals surface area contributed by atoms with E-state index in [1.807, 2.05) is 0 Å². The van der Waals surface area contributed by atoms with Crippen LogP contribution in [0, 0.1) is 16.2 Å². The highest BCUT2D eigenvalue weighted by Gasteiger charge is 2.72. The molecule has 0 radical (unpaired) electrons. The van der Waals surface area contributed by atoms with Crippen molar-refractivity contribution < 1.29 is 9.53 Å². The van der Waals surface area contributed by atoms with Crippen LogP contribution in [0.15, 0.2) is 0 Å². The fraction of sp³-hybridized carbons (Fsp3) is 0.917. The molecule has 2 N–H and O–H groups in total. The van der Waals surface area contributed by atoms with Crippen molar-refractivity contribution in [3.05, 3.63) is 0 Å². The summed E-state index contributed by atoms with van der Waals surface area (Å²) in [4.78, 5) is 12.0. The van der Waals surface area contributed by atoms with Gasteiger partial charge in [-0.2, -0.15) is 0 Å². The van der Waals surface area contributed by atoms with E-state index in [1.165, 1.54) is 7.11 Å². The minimum atomic E-state index is -0.337. The second kappa shape index (κ2) is 2.76. The van der Waals surface area contributed by atoms with Crippen molar-refractivity contribution in [1.82, 2.24) is 0 Å². The monoisotopic (exact) mass is 211 g/mol. The highest BCUT2D eigenvalue weighted by molar-refractivity contribution is 5.79. The summed E-state index contributed by atoms with van der Waals surface area (Å²) >= 11 is 0. The van der Waals surface area contributed by atoms with Crippen LogP contribution in [-0.2, 0) is 9.53 Å². The Labute approximate surface area is 91.4 Å². The van der Waals surface area contributed by atoms with E-state index < -0.39 is 0 Å². The molecule has 0 saturated heterocycles. The van der Waals surface area contributed by atoms with Crippen LogP contribution >= 0.6 is 0 Å². The number of carbonyl (C=O) groups excluding carboxylic acids is 1. The van der Waals surface area contributed by atoms with E-state index in [-0.39, 0.29) is 28.3 Å². The molecular weight excluding hydrogens is 190 g/mol. The molecule has 2 bridgehead atoms. The molecule has 3 atom stereocenters. The third-order valence-electron chi connectivity index (χ3n) is 5.66. The average molecular weight is 211 g/mol. The zero-order valence-electron chi connectivity index (χ0n) is 10.1. The van der Waals surface area contributed by atoms with E-state index in [4.69, 9.17) is 10.5 Å². The first-order chi connectivity index (χ1) is 6.82. The standard InChI is InChI=1S/C12H21NO2/c1-10(2)11(3)5-6-12(10,7-8(11)13)9(14)15-4/h8H,5-7,13H2,1-4H3/t8-,11+,12-/m1/s1. The summed E-state index contributed by atoms with van der Waals surface area (Å²) in [7, 11) is 1.48. The molecule has 2 rings (SSSR count). The Kier molecular flexibility index (Phi) is 2.01. The Morgan fingerprint density at radius 2 is 1.93 bits per heavy atom. The maximum absolute atomic E-state index is 12.0. The normalized spacial score (nSPS) is 46.9. The van der Waals surface area contributed by atoms with E-state index in [0.29, 0.717) is 0 Å². The lowest BCUT2D eigenvalue weighted by molar-refractivity contribution is -0.158. The summed E-state index contributed by atoms with van der Waals surface area (Å²) in [5.74, 6) is -0.0656. The summed E-state index contributed by atoms with van der Waals surface area (Å²) in [6, 6.07) is 0.125. The Morgan fingerprint density at radius 1 is 1.33 bits per heavy atom. The number of ether oxygens (including phenoxy) is 1. The largest absolute Gasteiger partial charge is 0.469 e. The number of carbonyl (C=O) groups is 1. The van der Waals surface area contributed by atoms with Crippen LogP contribution in [-0.4, -0.2) is 19.1 Å². The SMILES string of the molecule is COC(=O)[C@@]12CC[C@@](C)([C@H](N)C1)C2(C)C. The molecule has 2 saturated carbocycles. The molecule has 3 nitrogen and oxygen atoms in total. The number of fused-ring (bicyclic) bond motifs is 2. The third-order valence-corrected chi connectivity index (χ3v) is 5.66. The lowest BCUT2D eigenvalue weighted by Gasteiger charge is -2.39. The second-order valence-corrected chi connectivity index (χ2v) is 5.93. The molecule has 0 aromatic rings. The summed E-state index contributed by atoms with van der Waals surface area (Å²) < 4.78 is 4.99. The Balaban J connectivity index is 2.49. The molecule has 2 fully saturated rings. The van der Waals surface area contributed by atoms with Crippen molar-refractivity contribution in [3.8, 4) is 0 Å². The molecule has 15 heavy (non-hydrogen) atoms. The van der Waals surface area contributed by atoms with Gasteiger partial charge in [-0.05, 0) is 30.1 Å². The maximum Gasteiger partial charge on any atom is 0.312 e. The van der Waals surface area contributed by atoms with Crippen LogP contribution < -0.4 is 5.73 Å². The van der Waals surface area contributed by atoms with Crippen molar-refractivity contribution in [2.24, 2.45) is 22.0 Å². The van der Waals surface area contributed by atoms with E-state index in [9.17, 15) is 4.79 Å². The number of nitrogens with two attached hydrogens (primary N) is 1.